The van der Waals surface area contributed by atoms with Gasteiger partial charge in [0, 0.05) is 10.6 Å². The van der Waals surface area contributed by atoms with Crippen LogP contribution >= 0.6 is 11.6 Å². The Bertz CT molecular complexity index is 338. The van der Waals surface area contributed by atoms with E-state index in [0.29, 0.717) is 5.02 Å². The van der Waals surface area contributed by atoms with Crippen LogP contribution in [-0.2, 0) is 10.5 Å². The highest BCUT2D eigenvalue weighted by atomic mass is 35.5. The minimum atomic E-state index is -2.38. The Balaban J connectivity index is 3.14. The lowest BCUT2D eigenvalue weighted by Gasteiger charge is -2.17. The lowest BCUT2D eigenvalue weighted by molar-refractivity contribution is -0.159. The zero-order valence-corrected chi connectivity index (χ0v) is 7.32. The molecule has 0 fully saturated rings. The van der Waals surface area contributed by atoms with Gasteiger partial charge in [-0.05, 0) is 12.1 Å². The second-order valence-corrected chi connectivity index (χ2v) is 3.02. The first-order valence-corrected chi connectivity index (χ1v) is 3.83. The summed E-state index contributed by atoms with van der Waals surface area (Å²) in [7, 11) is 0. The number of carbonyl (C=O) groups is 1. The molecule has 0 bridgehead atoms. The predicted octanol–water partition coefficient (Wildman–Crippen LogP) is 0.528. The molecule has 0 aliphatic carbocycles. The average molecular weight is 202 g/mol. The maximum Gasteiger partial charge on any atom is 0.356 e. The zero-order chi connectivity index (χ0) is 10.1. The molecule has 0 aliphatic heterocycles. The van der Waals surface area contributed by atoms with Gasteiger partial charge < -0.3 is 10.2 Å². The van der Waals surface area contributed by atoms with E-state index in [1.807, 2.05) is 0 Å². The van der Waals surface area contributed by atoms with Gasteiger partial charge >= 0.3 is 5.97 Å². The lowest BCUT2D eigenvalue weighted by Crippen LogP contribution is -2.44. The summed E-state index contributed by atoms with van der Waals surface area (Å²) in [4.78, 5) is 10.5. The molecule has 0 radical (unpaired) electrons. The second-order valence-electron chi connectivity index (χ2n) is 2.58. The summed E-state index contributed by atoms with van der Waals surface area (Å²) in [6.45, 7) is 0. The third-order valence-corrected chi connectivity index (χ3v) is 1.83. The Kier molecular flexibility index (Phi) is 2.56. The first-order chi connectivity index (χ1) is 5.94. The molecule has 4 N–H and O–H groups in total. The van der Waals surface area contributed by atoms with Gasteiger partial charge in [-0.15, -0.1) is 0 Å². The van der Waals surface area contributed by atoms with E-state index >= 15 is 0 Å². The molecule has 13 heavy (non-hydrogen) atoms. The van der Waals surface area contributed by atoms with Crippen molar-refractivity contribution in [1.82, 2.24) is 0 Å². The molecule has 0 aromatic heterocycles. The van der Waals surface area contributed by atoms with Crippen LogP contribution in [0, 0.1) is 0 Å². The van der Waals surface area contributed by atoms with Gasteiger partial charge in [0.25, 0.3) is 0 Å². The van der Waals surface area contributed by atoms with E-state index in [1.165, 1.54) is 18.2 Å². The van der Waals surface area contributed by atoms with Crippen molar-refractivity contribution in [2.45, 2.75) is 5.72 Å². The van der Waals surface area contributed by atoms with Gasteiger partial charge in [-0.1, -0.05) is 23.7 Å². The molecule has 5 heteroatoms. The number of carboxylic acids is 1. The zero-order valence-electron chi connectivity index (χ0n) is 6.57. The Morgan fingerprint density at radius 1 is 1.54 bits per heavy atom. The van der Waals surface area contributed by atoms with Crippen LogP contribution in [0.1, 0.15) is 5.56 Å². The van der Waals surface area contributed by atoms with Crippen molar-refractivity contribution < 1.29 is 15.0 Å². The van der Waals surface area contributed by atoms with Gasteiger partial charge in [0.1, 0.15) is 0 Å². The second kappa shape index (κ2) is 3.33. The summed E-state index contributed by atoms with van der Waals surface area (Å²) in [6, 6.07) is 5.76. The maximum atomic E-state index is 10.5. The lowest BCUT2D eigenvalue weighted by atomic mass is 10.0. The highest BCUT2D eigenvalue weighted by Crippen LogP contribution is 2.19. The Hall–Kier alpha value is -1.10. The smallest absolute Gasteiger partial charge is 0.356 e. The molecule has 1 aromatic rings. The van der Waals surface area contributed by atoms with Crippen LogP contribution in [0.25, 0.3) is 0 Å². The van der Waals surface area contributed by atoms with Crippen LogP contribution < -0.4 is 5.73 Å². The van der Waals surface area contributed by atoms with E-state index < -0.39 is 11.7 Å². The average Bonchev–Trinajstić information content (AvgIpc) is 2.04. The van der Waals surface area contributed by atoms with E-state index in [0.717, 1.165) is 0 Å². The Labute approximate surface area is 79.6 Å². The molecule has 0 spiro atoms. The largest absolute Gasteiger partial charge is 0.478 e. The quantitative estimate of drug-likeness (QED) is 0.610. The number of benzene rings is 1. The highest BCUT2D eigenvalue weighted by molar-refractivity contribution is 6.30. The molecule has 0 saturated carbocycles. The summed E-state index contributed by atoms with van der Waals surface area (Å²) < 4.78 is 0. The van der Waals surface area contributed by atoms with Crippen LogP contribution in [0.5, 0.6) is 0 Å². The first-order valence-electron chi connectivity index (χ1n) is 3.45. The molecule has 1 atom stereocenters. The van der Waals surface area contributed by atoms with E-state index in [9.17, 15) is 9.90 Å². The van der Waals surface area contributed by atoms with Crippen LogP contribution in [0.15, 0.2) is 24.3 Å². The van der Waals surface area contributed by atoms with Crippen LogP contribution in [0.3, 0.4) is 0 Å². The van der Waals surface area contributed by atoms with Crippen molar-refractivity contribution in [3.05, 3.63) is 34.9 Å². The van der Waals surface area contributed by atoms with Crippen molar-refractivity contribution in [2.24, 2.45) is 5.73 Å². The van der Waals surface area contributed by atoms with Gasteiger partial charge in [0.05, 0.1) is 0 Å². The fourth-order valence-corrected chi connectivity index (χ4v) is 1.04. The van der Waals surface area contributed by atoms with Crippen molar-refractivity contribution in [2.75, 3.05) is 0 Å². The SMILES string of the molecule is NC(O)(C(=O)O)c1cccc(Cl)c1. The molecular formula is C8H8ClNO3. The van der Waals surface area contributed by atoms with E-state index in [2.05, 4.69) is 0 Å². The van der Waals surface area contributed by atoms with Gasteiger partial charge in [0.15, 0.2) is 0 Å². The van der Waals surface area contributed by atoms with Gasteiger partial charge in [0.2, 0.25) is 5.72 Å². The number of rotatable bonds is 2. The van der Waals surface area contributed by atoms with Gasteiger partial charge in [-0.25, -0.2) is 4.79 Å². The van der Waals surface area contributed by atoms with Gasteiger partial charge in [-0.2, -0.15) is 0 Å². The third kappa shape index (κ3) is 1.98. The summed E-state index contributed by atoms with van der Waals surface area (Å²) in [5.74, 6) is -1.52. The minimum absolute atomic E-state index is 0.0486. The number of hydrogen-bond donors (Lipinski definition) is 3. The van der Waals surface area contributed by atoms with E-state index in [-0.39, 0.29) is 5.56 Å². The van der Waals surface area contributed by atoms with Gasteiger partial charge in [-0.3, -0.25) is 5.73 Å². The molecular weight excluding hydrogens is 194 g/mol. The summed E-state index contributed by atoms with van der Waals surface area (Å²) in [5.41, 5.74) is 2.81. The number of aliphatic carboxylic acids is 1. The molecule has 0 aliphatic rings. The van der Waals surface area contributed by atoms with E-state index in [1.54, 1.807) is 6.07 Å². The summed E-state index contributed by atoms with van der Waals surface area (Å²) in [5, 5.41) is 18.2. The monoisotopic (exact) mass is 201 g/mol. The van der Waals surface area contributed by atoms with Crippen molar-refractivity contribution >= 4 is 17.6 Å². The summed E-state index contributed by atoms with van der Waals surface area (Å²) >= 11 is 5.60. The fraction of sp³-hybridized carbons (Fsp3) is 0.125. The highest BCUT2D eigenvalue weighted by Gasteiger charge is 2.33. The number of halogens is 1. The molecule has 1 unspecified atom stereocenters. The molecule has 0 heterocycles. The molecule has 0 saturated heterocycles. The third-order valence-electron chi connectivity index (χ3n) is 1.59. The van der Waals surface area contributed by atoms with Crippen molar-refractivity contribution in [3.8, 4) is 0 Å². The number of carboxylic acid groups (broad SMARTS) is 1. The Morgan fingerprint density at radius 3 is 2.62 bits per heavy atom. The predicted molar refractivity (Wildman–Crippen MR) is 47.2 cm³/mol. The maximum absolute atomic E-state index is 10.5. The molecule has 1 aromatic carbocycles. The normalized spacial score (nSPS) is 15.0. The standard InChI is InChI=1S/C8H8ClNO3/c9-6-3-1-2-5(4-6)8(10,13)7(11)12/h1-4,13H,10H2,(H,11,12). The number of nitrogens with two attached hydrogens (primary N) is 1. The topological polar surface area (TPSA) is 83.5 Å². The Morgan fingerprint density at radius 2 is 2.15 bits per heavy atom. The fourth-order valence-electron chi connectivity index (χ4n) is 0.849. The first kappa shape index (κ1) is 9.98. The number of hydrogen-bond acceptors (Lipinski definition) is 3. The van der Waals surface area contributed by atoms with Crippen LogP contribution in [0.4, 0.5) is 0 Å². The molecule has 4 nitrogen and oxygen atoms in total. The molecule has 1 rings (SSSR count). The van der Waals surface area contributed by atoms with E-state index in [4.69, 9.17) is 22.4 Å². The van der Waals surface area contributed by atoms with Crippen molar-refractivity contribution in [1.29, 1.82) is 0 Å². The number of aliphatic hydroxyl groups is 1. The molecule has 70 valence electrons. The van der Waals surface area contributed by atoms with Crippen molar-refractivity contribution in [3.63, 3.8) is 0 Å². The molecule has 0 amide bonds. The van der Waals surface area contributed by atoms with Crippen LogP contribution in [0.2, 0.25) is 5.02 Å². The minimum Gasteiger partial charge on any atom is -0.478 e. The summed E-state index contributed by atoms with van der Waals surface area (Å²) in [6.07, 6.45) is 0. The van der Waals surface area contributed by atoms with Crippen LogP contribution in [-0.4, -0.2) is 16.2 Å².